The first-order valence-electron chi connectivity index (χ1n) is 7.78. The minimum Gasteiger partial charge on any atom is -0.468 e. The summed E-state index contributed by atoms with van der Waals surface area (Å²) < 4.78 is 6.61. The molecule has 0 saturated heterocycles. The third-order valence-electron chi connectivity index (χ3n) is 4.17. The van der Waals surface area contributed by atoms with Crippen molar-refractivity contribution in [3.63, 3.8) is 0 Å². The van der Waals surface area contributed by atoms with Crippen molar-refractivity contribution in [1.82, 2.24) is 4.57 Å². The Hall–Kier alpha value is -2.88. The zero-order valence-corrected chi connectivity index (χ0v) is 13.9. The number of hydrogen-bond donors (Lipinski definition) is 0. The number of carbonyl (C=O) groups excluding carboxylic acids is 2. The average molecular weight is 321 g/mol. The van der Waals surface area contributed by atoms with Crippen molar-refractivity contribution < 1.29 is 14.3 Å². The smallest absolute Gasteiger partial charge is 0.319 e. The first kappa shape index (κ1) is 16.0. The van der Waals surface area contributed by atoms with Crippen molar-refractivity contribution in [2.24, 2.45) is 0 Å². The molecule has 1 unspecified atom stereocenters. The molecule has 0 bridgehead atoms. The minimum atomic E-state index is -0.646. The van der Waals surface area contributed by atoms with E-state index in [9.17, 15) is 9.59 Å². The fourth-order valence-electron chi connectivity index (χ4n) is 3.11. The van der Waals surface area contributed by atoms with Gasteiger partial charge in [-0.05, 0) is 30.7 Å². The third kappa shape index (κ3) is 2.71. The van der Waals surface area contributed by atoms with E-state index < -0.39 is 5.92 Å². The van der Waals surface area contributed by atoms with E-state index >= 15 is 0 Å². The van der Waals surface area contributed by atoms with Crippen LogP contribution >= 0.6 is 0 Å². The Bertz CT molecular complexity index is 909. The van der Waals surface area contributed by atoms with E-state index in [-0.39, 0.29) is 11.9 Å². The van der Waals surface area contributed by atoms with Gasteiger partial charge < -0.3 is 4.74 Å². The second-order valence-corrected chi connectivity index (χ2v) is 5.85. The van der Waals surface area contributed by atoms with Crippen LogP contribution in [0, 0.1) is 6.92 Å². The van der Waals surface area contributed by atoms with Crippen LogP contribution in [0.3, 0.4) is 0 Å². The van der Waals surface area contributed by atoms with E-state index in [1.54, 1.807) is 4.57 Å². The number of fused-ring (bicyclic) bond motifs is 1. The fourth-order valence-corrected chi connectivity index (χ4v) is 3.11. The van der Waals surface area contributed by atoms with Crippen molar-refractivity contribution in [3.8, 4) is 0 Å². The van der Waals surface area contributed by atoms with E-state index in [0.29, 0.717) is 5.69 Å². The van der Waals surface area contributed by atoms with Gasteiger partial charge in [0.2, 0.25) is 5.91 Å². The number of aryl methyl sites for hydroxylation is 1. The number of aromatic nitrogens is 1. The molecule has 0 aliphatic carbocycles. The lowest BCUT2D eigenvalue weighted by Gasteiger charge is -2.17. The Morgan fingerprint density at radius 2 is 1.75 bits per heavy atom. The van der Waals surface area contributed by atoms with Gasteiger partial charge in [0, 0.05) is 18.0 Å². The van der Waals surface area contributed by atoms with Gasteiger partial charge in [-0.3, -0.25) is 14.2 Å². The van der Waals surface area contributed by atoms with Crippen LogP contribution in [0.2, 0.25) is 0 Å². The maximum Gasteiger partial charge on any atom is 0.319 e. The number of hydrogen-bond acceptors (Lipinski definition) is 3. The molecule has 1 aromatic heterocycles. The summed E-state index contributed by atoms with van der Waals surface area (Å²) in [4.78, 5) is 24.8. The monoisotopic (exact) mass is 321 g/mol. The highest BCUT2D eigenvalue weighted by Crippen LogP contribution is 2.31. The van der Waals surface area contributed by atoms with Gasteiger partial charge in [-0.1, -0.05) is 42.0 Å². The predicted molar refractivity (Wildman–Crippen MR) is 93.3 cm³/mol. The molecule has 0 aliphatic rings. The molecular formula is C20H19NO3. The first-order chi connectivity index (χ1) is 11.5. The molecule has 0 fully saturated rings. The van der Waals surface area contributed by atoms with Crippen molar-refractivity contribution in [2.75, 3.05) is 7.11 Å². The number of carbonyl (C=O) groups is 2. The third-order valence-corrected chi connectivity index (χ3v) is 4.17. The number of ether oxygens (including phenoxy) is 1. The standard InChI is InChI=1S/C20H19NO3/c1-13-9-10-17-16(11-13)12-18(21(17)14(2)22)19(20(23)24-3)15-7-5-4-6-8-15/h4-12,19H,1-3H3. The number of methoxy groups -OCH3 is 1. The Kier molecular flexibility index (Phi) is 4.21. The Morgan fingerprint density at radius 1 is 1.04 bits per heavy atom. The number of rotatable bonds is 3. The molecule has 0 radical (unpaired) electrons. The van der Waals surface area contributed by atoms with Crippen LogP contribution in [0.25, 0.3) is 10.9 Å². The van der Waals surface area contributed by atoms with E-state index in [4.69, 9.17) is 4.74 Å². The zero-order valence-electron chi connectivity index (χ0n) is 13.9. The lowest BCUT2D eigenvalue weighted by atomic mass is 9.95. The molecule has 0 spiro atoms. The SMILES string of the molecule is COC(=O)C(c1ccccc1)c1cc2cc(C)ccc2n1C(C)=O. The highest BCUT2D eigenvalue weighted by molar-refractivity contribution is 5.95. The maximum absolute atomic E-state index is 12.5. The van der Waals surface area contributed by atoms with Gasteiger partial charge in [-0.2, -0.15) is 0 Å². The molecule has 0 aliphatic heterocycles. The van der Waals surface area contributed by atoms with Crippen LogP contribution in [0.5, 0.6) is 0 Å². The zero-order chi connectivity index (χ0) is 17.3. The molecular weight excluding hydrogens is 302 g/mol. The number of benzene rings is 2. The first-order valence-corrected chi connectivity index (χ1v) is 7.78. The molecule has 4 nitrogen and oxygen atoms in total. The van der Waals surface area contributed by atoms with Gasteiger partial charge in [0.05, 0.1) is 12.6 Å². The molecule has 2 aromatic carbocycles. The van der Waals surface area contributed by atoms with Crippen LogP contribution in [0.15, 0.2) is 54.6 Å². The molecule has 1 heterocycles. The van der Waals surface area contributed by atoms with Crippen LogP contribution in [-0.4, -0.2) is 23.6 Å². The Morgan fingerprint density at radius 3 is 2.38 bits per heavy atom. The van der Waals surface area contributed by atoms with Crippen LogP contribution in [0.4, 0.5) is 0 Å². The summed E-state index contributed by atoms with van der Waals surface area (Å²) in [6, 6.07) is 17.2. The van der Waals surface area contributed by atoms with Crippen molar-refractivity contribution in [2.45, 2.75) is 19.8 Å². The van der Waals surface area contributed by atoms with Gasteiger partial charge >= 0.3 is 5.97 Å². The molecule has 0 N–H and O–H groups in total. The molecule has 0 saturated carbocycles. The fraction of sp³-hybridized carbons (Fsp3) is 0.200. The van der Waals surface area contributed by atoms with Gasteiger partial charge in [0.1, 0.15) is 5.92 Å². The van der Waals surface area contributed by atoms with Crippen LogP contribution in [0.1, 0.15) is 34.5 Å². The summed E-state index contributed by atoms with van der Waals surface area (Å²) in [6.45, 7) is 3.50. The molecule has 3 aromatic rings. The summed E-state index contributed by atoms with van der Waals surface area (Å²) in [6.07, 6.45) is 0. The summed E-state index contributed by atoms with van der Waals surface area (Å²) >= 11 is 0. The molecule has 4 heteroatoms. The van der Waals surface area contributed by atoms with E-state index in [0.717, 1.165) is 22.0 Å². The number of esters is 1. The lowest BCUT2D eigenvalue weighted by Crippen LogP contribution is -2.21. The average Bonchev–Trinajstić information content (AvgIpc) is 2.93. The minimum absolute atomic E-state index is 0.131. The van der Waals surface area contributed by atoms with Crippen LogP contribution < -0.4 is 0 Å². The van der Waals surface area contributed by atoms with Crippen molar-refractivity contribution in [3.05, 3.63) is 71.4 Å². The second-order valence-electron chi connectivity index (χ2n) is 5.85. The van der Waals surface area contributed by atoms with Gasteiger partial charge in [-0.25, -0.2) is 0 Å². The van der Waals surface area contributed by atoms with Crippen molar-refractivity contribution in [1.29, 1.82) is 0 Å². The molecule has 0 amide bonds. The lowest BCUT2D eigenvalue weighted by molar-refractivity contribution is -0.141. The van der Waals surface area contributed by atoms with Gasteiger partial charge in [0.25, 0.3) is 0 Å². The van der Waals surface area contributed by atoms with E-state index in [1.165, 1.54) is 14.0 Å². The number of nitrogens with zero attached hydrogens (tertiary/aromatic N) is 1. The molecule has 122 valence electrons. The quantitative estimate of drug-likeness (QED) is 0.687. The highest BCUT2D eigenvalue weighted by atomic mass is 16.5. The predicted octanol–water partition coefficient (Wildman–Crippen LogP) is 3.91. The topological polar surface area (TPSA) is 48.3 Å². The van der Waals surface area contributed by atoms with E-state index in [1.807, 2.05) is 61.5 Å². The second kappa shape index (κ2) is 6.32. The highest BCUT2D eigenvalue weighted by Gasteiger charge is 2.29. The molecule has 24 heavy (non-hydrogen) atoms. The van der Waals surface area contributed by atoms with Crippen molar-refractivity contribution >= 4 is 22.8 Å². The van der Waals surface area contributed by atoms with Gasteiger partial charge in [-0.15, -0.1) is 0 Å². The summed E-state index contributed by atoms with van der Waals surface area (Å²) in [7, 11) is 1.36. The summed E-state index contributed by atoms with van der Waals surface area (Å²) in [5, 5.41) is 0.935. The molecule has 3 rings (SSSR count). The maximum atomic E-state index is 12.5. The largest absolute Gasteiger partial charge is 0.468 e. The van der Waals surface area contributed by atoms with Gasteiger partial charge in [0.15, 0.2) is 0 Å². The summed E-state index contributed by atoms with van der Waals surface area (Å²) in [5.74, 6) is -1.16. The molecule has 1 atom stereocenters. The Balaban J connectivity index is 2.30. The van der Waals surface area contributed by atoms with Crippen LogP contribution in [-0.2, 0) is 9.53 Å². The normalized spacial score (nSPS) is 12.1. The Labute approximate surface area is 140 Å². The summed E-state index contributed by atoms with van der Waals surface area (Å²) in [5.41, 5.74) is 3.32. The van der Waals surface area contributed by atoms with E-state index in [2.05, 4.69) is 0 Å².